The van der Waals surface area contributed by atoms with E-state index in [2.05, 4.69) is 0 Å². The van der Waals surface area contributed by atoms with E-state index in [1.807, 2.05) is 25.1 Å². The first-order valence-electron chi connectivity index (χ1n) is 6.84. The standard InChI is InChI=1S/C16H16FNO2S/c1-12-6-7-14(17)11-16(12)13-4-2-5-15(10-13)18-8-3-9-21(18,19)20/h2,4-7,10-11H,3,8-9H2,1H3. The Morgan fingerprint density at radius 2 is 1.95 bits per heavy atom. The summed E-state index contributed by atoms with van der Waals surface area (Å²) < 4.78 is 38.9. The molecule has 0 aromatic heterocycles. The van der Waals surface area contributed by atoms with Crippen molar-refractivity contribution in [2.45, 2.75) is 13.3 Å². The molecule has 0 unspecified atom stereocenters. The fourth-order valence-corrected chi connectivity index (χ4v) is 4.22. The Morgan fingerprint density at radius 1 is 1.14 bits per heavy atom. The van der Waals surface area contributed by atoms with Gasteiger partial charge >= 0.3 is 0 Å². The van der Waals surface area contributed by atoms with Gasteiger partial charge in [0.25, 0.3) is 0 Å². The van der Waals surface area contributed by atoms with E-state index < -0.39 is 10.0 Å². The van der Waals surface area contributed by atoms with E-state index in [4.69, 9.17) is 0 Å². The molecule has 0 atom stereocenters. The van der Waals surface area contributed by atoms with Gasteiger partial charge in [-0.05, 0) is 54.3 Å². The van der Waals surface area contributed by atoms with E-state index in [1.54, 1.807) is 12.1 Å². The Balaban J connectivity index is 2.07. The number of nitrogens with zero attached hydrogens (tertiary/aromatic N) is 1. The Bertz CT molecular complexity index is 787. The predicted molar refractivity (Wildman–Crippen MR) is 82.3 cm³/mol. The minimum atomic E-state index is -3.20. The van der Waals surface area contributed by atoms with Crippen molar-refractivity contribution >= 4 is 15.7 Å². The molecule has 110 valence electrons. The van der Waals surface area contributed by atoms with Gasteiger partial charge in [-0.25, -0.2) is 12.8 Å². The average molecular weight is 305 g/mol. The summed E-state index contributed by atoms with van der Waals surface area (Å²) in [5, 5.41) is 0. The first-order chi connectivity index (χ1) is 9.97. The molecule has 0 N–H and O–H groups in total. The fraction of sp³-hybridized carbons (Fsp3) is 0.250. The molecule has 0 bridgehead atoms. The zero-order valence-corrected chi connectivity index (χ0v) is 12.5. The summed E-state index contributed by atoms with van der Waals surface area (Å²) >= 11 is 0. The molecule has 2 aromatic carbocycles. The molecule has 0 radical (unpaired) electrons. The van der Waals surface area contributed by atoms with E-state index in [-0.39, 0.29) is 11.6 Å². The zero-order chi connectivity index (χ0) is 15.0. The third-order valence-electron chi connectivity index (χ3n) is 3.74. The van der Waals surface area contributed by atoms with Gasteiger partial charge in [0.2, 0.25) is 10.0 Å². The van der Waals surface area contributed by atoms with E-state index >= 15 is 0 Å². The van der Waals surface area contributed by atoms with E-state index in [0.717, 1.165) is 16.7 Å². The monoisotopic (exact) mass is 305 g/mol. The number of halogens is 1. The zero-order valence-electron chi connectivity index (χ0n) is 11.7. The minimum absolute atomic E-state index is 0.191. The van der Waals surface area contributed by atoms with Crippen molar-refractivity contribution < 1.29 is 12.8 Å². The molecule has 1 heterocycles. The van der Waals surface area contributed by atoms with Gasteiger partial charge in [-0.1, -0.05) is 18.2 Å². The van der Waals surface area contributed by atoms with Gasteiger partial charge in [-0.2, -0.15) is 0 Å². The maximum Gasteiger partial charge on any atom is 0.235 e. The highest BCUT2D eigenvalue weighted by Crippen LogP contribution is 2.30. The smallest absolute Gasteiger partial charge is 0.235 e. The van der Waals surface area contributed by atoms with Crippen LogP contribution in [0.1, 0.15) is 12.0 Å². The van der Waals surface area contributed by atoms with Crippen molar-refractivity contribution in [1.82, 2.24) is 0 Å². The van der Waals surface area contributed by atoms with Gasteiger partial charge in [0.05, 0.1) is 11.4 Å². The van der Waals surface area contributed by atoms with Crippen LogP contribution < -0.4 is 4.31 Å². The van der Waals surface area contributed by atoms with Crippen molar-refractivity contribution in [1.29, 1.82) is 0 Å². The van der Waals surface area contributed by atoms with Crippen LogP contribution in [0.15, 0.2) is 42.5 Å². The first kappa shape index (κ1) is 14.1. The molecule has 1 aliphatic heterocycles. The molecule has 0 spiro atoms. The second-order valence-electron chi connectivity index (χ2n) is 5.25. The normalized spacial score (nSPS) is 17.1. The molecular weight excluding hydrogens is 289 g/mol. The lowest BCUT2D eigenvalue weighted by Gasteiger charge is -2.18. The Kier molecular flexibility index (Phi) is 3.45. The molecule has 5 heteroatoms. The van der Waals surface area contributed by atoms with Gasteiger partial charge in [0.15, 0.2) is 0 Å². The molecule has 1 aliphatic rings. The van der Waals surface area contributed by atoms with Gasteiger partial charge in [0.1, 0.15) is 5.82 Å². The maximum atomic E-state index is 13.5. The molecule has 1 fully saturated rings. The number of sulfonamides is 1. The number of rotatable bonds is 2. The van der Waals surface area contributed by atoms with Crippen LogP contribution in [0.4, 0.5) is 10.1 Å². The minimum Gasteiger partial charge on any atom is -0.270 e. The maximum absolute atomic E-state index is 13.5. The lowest BCUT2D eigenvalue weighted by molar-refractivity contribution is 0.599. The van der Waals surface area contributed by atoms with Crippen LogP contribution in [0.2, 0.25) is 0 Å². The van der Waals surface area contributed by atoms with E-state index in [1.165, 1.54) is 16.4 Å². The lowest BCUT2D eigenvalue weighted by Crippen LogP contribution is -2.24. The molecule has 0 aliphatic carbocycles. The molecule has 0 amide bonds. The molecule has 1 saturated heterocycles. The summed E-state index contributed by atoms with van der Waals surface area (Å²) in [5.41, 5.74) is 3.21. The van der Waals surface area contributed by atoms with Crippen molar-refractivity contribution in [2.24, 2.45) is 0 Å². The predicted octanol–water partition coefficient (Wildman–Crippen LogP) is 3.34. The van der Waals surface area contributed by atoms with Crippen LogP contribution in [-0.2, 0) is 10.0 Å². The highest BCUT2D eigenvalue weighted by Gasteiger charge is 2.28. The Labute approximate surface area is 124 Å². The number of benzene rings is 2. The van der Waals surface area contributed by atoms with Crippen LogP contribution in [0, 0.1) is 12.7 Å². The van der Waals surface area contributed by atoms with E-state index in [0.29, 0.717) is 18.7 Å². The van der Waals surface area contributed by atoms with Gasteiger partial charge in [0, 0.05) is 6.54 Å². The van der Waals surface area contributed by atoms with E-state index in [9.17, 15) is 12.8 Å². The van der Waals surface area contributed by atoms with Crippen LogP contribution >= 0.6 is 0 Å². The number of hydrogen-bond donors (Lipinski definition) is 0. The molecule has 3 rings (SSSR count). The Morgan fingerprint density at radius 3 is 2.67 bits per heavy atom. The Hall–Kier alpha value is -1.88. The second kappa shape index (κ2) is 5.15. The third-order valence-corrected chi connectivity index (χ3v) is 5.61. The van der Waals surface area contributed by atoms with Crippen molar-refractivity contribution in [3.8, 4) is 11.1 Å². The summed E-state index contributed by atoms with van der Waals surface area (Å²) in [7, 11) is -3.20. The van der Waals surface area contributed by atoms with Gasteiger partial charge in [-0.15, -0.1) is 0 Å². The SMILES string of the molecule is Cc1ccc(F)cc1-c1cccc(N2CCCS2(=O)=O)c1. The first-order valence-corrected chi connectivity index (χ1v) is 8.45. The van der Waals surface area contributed by atoms with Crippen molar-refractivity contribution in [3.63, 3.8) is 0 Å². The van der Waals surface area contributed by atoms with Crippen LogP contribution in [-0.4, -0.2) is 20.7 Å². The fourth-order valence-electron chi connectivity index (χ4n) is 2.66. The second-order valence-corrected chi connectivity index (χ2v) is 7.26. The third kappa shape index (κ3) is 2.65. The topological polar surface area (TPSA) is 37.4 Å². The molecule has 3 nitrogen and oxygen atoms in total. The van der Waals surface area contributed by atoms with Gasteiger partial charge in [-0.3, -0.25) is 4.31 Å². The highest BCUT2D eigenvalue weighted by molar-refractivity contribution is 7.93. The molecular formula is C16H16FNO2S. The number of aryl methyl sites for hydroxylation is 1. The van der Waals surface area contributed by atoms with Crippen LogP contribution in [0.25, 0.3) is 11.1 Å². The number of hydrogen-bond acceptors (Lipinski definition) is 2. The summed E-state index contributed by atoms with van der Waals surface area (Å²) in [4.78, 5) is 0. The van der Waals surface area contributed by atoms with Crippen molar-refractivity contribution in [3.05, 3.63) is 53.8 Å². The quantitative estimate of drug-likeness (QED) is 0.853. The van der Waals surface area contributed by atoms with Crippen molar-refractivity contribution in [2.75, 3.05) is 16.6 Å². The largest absolute Gasteiger partial charge is 0.270 e. The average Bonchev–Trinajstić information content (AvgIpc) is 2.81. The van der Waals surface area contributed by atoms with Gasteiger partial charge < -0.3 is 0 Å². The summed E-state index contributed by atoms with van der Waals surface area (Å²) in [6, 6.07) is 11.9. The lowest BCUT2D eigenvalue weighted by atomic mass is 10.00. The van der Waals surface area contributed by atoms with Crippen LogP contribution in [0.3, 0.4) is 0 Å². The molecule has 2 aromatic rings. The highest BCUT2D eigenvalue weighted by atomic mass is 32.2. The summed E-state index contributed by atoms with van der Waals surface area (Å²) in [6.07, 6.45) is 0.644. The summed E-state index contributed by atoms with van der Waals surface area (Å²) in [6.45, 7) is 2.42. The number of anilines is 1. The molecule has 21 heavy (non-hydrogen) atoms. The summed E-state index contributed by atoms with van der Waals surface area (Å²) in [5.74, 6) is -0.106. The van der Waals surface area contributed by atoms with Crippen LogP contribution in [0.5, 0.6) is 0 Å². The molecule has 0 saturated carbocycles.